The molecule has 0 spiro atoms. The van der Waals surface area contributed by atoms with Gasteiger partial charge < -0.3 is 20.3 Å². The molecule has 1 aliphatic rings. The summed E-state index contributed by atoms with van der Waals surface area (Å²) in [5.41, 5.74) is 7.42. The first-order chi connectivity index (χ1) is 14.5. The minimum atomic E-state index is -0.751. The van der Waals surface area contributed by atoms with Crippen LogP contribution in [0.5, 0.6) is 0 Å². The smallest absolute Gasteiger partial charge is 0.351 e. The molecule has 0 radical (unpaired) electrons. The second-order valence-electron chi connectivity index (χ2n) is 7.06. The number of nitrogen functional groups attached to an aromatic ring is 1. The summed E-state index contributed by atoms with van der Waals surface area (Å²) in [6.07, 6.45) is -0.391. The van der Waals surface area contributed by atoms with Crippen molar-refractivity contribution in [2.24, 2.45) is 0 Å². The highest BCUT2D eigenvalue weighted by Crippen LogP contribution is 2.33. The molecular weight excluding hydrogens is 406 g/mol. The van der Waals surface area contributed by atoms with E-state index in [2.05, 4.69) is 4.98 Å². The molecule has 0 aliphatic carbocycles. The number of carbonyl (C=O) groups excluding carboxylic acids is 1. The predicted molar refractivity (Wildman–Crippen MR) is 112 cm³/mol. The number of aliphatic hydroxyl groups excluding tert-OH is 1. The van der Waals surface area contributed by atoms with Gasteiger partial charge in [-0.15, -0.1) is 11.3 Å². The molecule has 1 fully saturated rings. The molecule has 2 aromatic heterocycles. The lowest BCUT2D eigenvalue weighted by Crippen LogP contribution is -2.30. The van der Waals surface area contributed by atoms with Crippen LogP contribution in [0.3, 0.4) is 0 Å². The average Bonchev–Trinajstić information content (AvgIpc) is 3.38. The summed E-state index contributed by atoms with van der Waals surface area (Å²) in [6, 6.07) is 10.8. The van der Waals surface area contributed by atoms with Gasteiger partial charge in [-0.1, -0.05) is 23.8 Å². The summed E-state index contributed by atoms with van der Waals surface area (Å²) in [6.45, 7) is 1.58. The molecular formula is C21H21N3O5S. The van der Waals surface area contributed by atoms with Crippen LogP contribution in [-0.4, -0.2) is 39.4 Å². The van der Waals surface area contributed by atoms with Crippen molar-refractivity contribution >= 4 is 23.1 Å². The highest BCUT2D eigenvalue weighted by molar-refractivity contribution is 7.13. The largest absolute Gasteiger partial charge is 0.456 e. The topological polar surface area (TPSA) is 117 Å². The zero-order valence-corrected chi connectivity index (χ0v) is 17.0. The van der Waals surface area contributed by atoms with Crippen molar-refractivity contribution in [1.82, 2.24) is 9.55 Å². The number of ether oxygens (including phenoxy) is 2. The van der Waals surface area contributed by atoms with E-state index in [1.54, 1.807) is 18.3 Å². The lowest BCUT2D eigenvalue weighted by atomic mass is 10.1. The van der Waals surface area contributed by atoms with Crippen LogP contribution in [0.15, 0.2) is 52.8 Å². The fourth-order valence-corrected chi connectivity index (χ4v) is 4.11. The van der Waals surface area contributed by atoms with Gasteiger partial charge in [0, 0.05) is 17.5 Å². The van der Waals surface area contributed by atoms with E-state index >= 15 is 0 Å². The molecule has 3 N–H and O–H groups in total. The van der Waals surface area contributed by atoms with Gasteiger partial charge >= 0.3 is 11.7 Å². The van der Waals surface area contributed by atoms with Crippen molar-refractivity contribution in [1.29, 1.82) is 0 Å². The summed E-state index contributed by atoms with van der Waals surface area (Å²) in [7, 11) is 0. The van der Waals surface area contributed by atoms with Crippen LogP contribution in [0.1, 0.15) is 28.6 Å². The molecule has 156 valence electrons. The SMILES string of the molecule is Cc1ccc(C(=O)O[C@H]2C[C@H](n3cc(-c4cccs4)c(N)nc3=O)O[C@@H]2CO)cc1. The third-order valence-electron chi connectivity index (χ3n) is 4.98. The van der Waals surface area contributed by atoms with E-state index in [1.165, 1.54) is 15.9 Å². The Morgan fingerprint density at radius 3 is 2.80 bits per heavy atom. The van der Waals surface area contributed by atoms with E-state index in [1.807, 2.05) is 36.6 Å². The molecule has 1 saturated heterocycles. The molecule has 0 amide bonds. The summed E-state index contributed by atoms with van der Waals surface area (Å²) in [5, 5.41) is 11.6. The minimum Gasteiger partial charge on any atom is -0.456 e. The number of hydrogen-bond donors (Lipinski definition) is 2. The van der Waals surface area contributed by atoms with Gasteiger partial charge in [-0.05, 0) is 30.5 Å². The zero-order chi connectivity index (χ0) is 21.3. The summed E-state index contributed by atoms with van der Waals surface area (Å²) >= 11 is 1.47. The van der Waals surface area contributed by atoms with Crippen LogP contribution >= 0.6 is 11.3 Å². The minimum absolute atomic E-state index is 0.137. The lowest BCUT2D eigenvalue weighted by molar-refractivity contribution is -0.0520. The Labute approximate surface area is 176 Å². The Morgan fingerprint density at radius 2 is 2.13 bits per heavy atom. The highest BCUT2D eigenvalue weighted by atomic mass is 32.1. The maximum absolute atomic E-state index is 12.5. The number of anilines is 1. The third-order valence-corrected chi connectivity index (χ3v) is 5.89. The summed E-state index contributed by atoms with van der Waals surface area (Å²) in [5.74, 6) is -0.373. The number of thiophene rings is 1. The summed E-state index contributed by atoms with van der Waals surface area (Å²) in [4.78, 5) is 29.7. The molecule has 0 bridgehead atoms. The van der Waals surface area contributed by atoms with Crippen LogP contribution in [0, 0.1) is 6.92 Å². The van der Waals surface area contributed by atoms with Crippen LogP contribution < -0.4 is 11.4 Å². The van der Waals surface area contributed by atoms with E-state index < -0.39 is 30.1 Å². The fourth-order valence-electron chi connectivity index (χ4n) is 3.36. The van der Waals surface area contributed by atoms with E-state index in [9.17, 15) is 14.7 Å². The van der Waals surface area contributed by atoms with Crippen LogP contribution in [-0.2, 0) is 9.47 Å². The standard InChI is InChI=1S/C21H21N3O5S/c1-12-4-6-13(7-5-12)20(26)29-15-9-18(28-16(15)11-25)24-10-14(17-3-2-8-30-17)19(22)23-21(24)27/h2-8,10,15-16,18,25H,9,11H2,1H3,(H2,22,23,27)/t15-,16+,18+/m0/s1. The number of aromatic nitrogens is 2. The van der Waals surface area contributed by atoms with Crippen molar-refractivity contribution < 1.29 is 19.4 Å². The van der Waals surface area contributed by atoms with Crippen molar-refractivity contribution in [2.45, 2.75) is 31.8 Å². The number of rotatable bonds is 5. The summed E-state index contributed by atoms with van der Waals surface area (Å²) < 4.78 is 12.7. The molecule has 1 aromatic carbocycles. The Kier molecular flexibility index (Phi) is 5.67. The predicted octanol–water partition coefficient (Wildman–Crippen LogP) is 2.37. The van der Waals surface area contributed by atoms with Crippen LogP contribution in [0.2, 0.25) is 0 Å². The van der Waals surface area contributed by atoms with Gasteiger partial charge in [-0.2, -0.15) is 4.98 Å². The van der Waals surface area contributed by atoms with Gasteiger partial charge in [0.25, 0.3) is 0 Å². The van der Waals surface area contributed by atoms with Crippen LogP contribution in [0.4, 0.5) is 5.82 Å². The van der Waals surface area contributed by atoms with Gasteiger partial charge in [0.2, 0.25) is 0 Å². The second-order valence-corrected chi connectivity index (χ2v) is 8.01. The second kappa shape index (κ2) is 8.39. The van der Waals surface area contributed by atoms with Crippen LogP contribution in [0.25, 0.3) is 10.4 Å². The number of carbonyl (C=O) groups is 1. The maximum atomic E-state index is 12.5. The Hall–Kier alpha value is -3.01. The van der Waals surface area contributed by atoms with Gasteiger partial charge in [-0.25, -0.2) is 9.59 Å². The van der Waals surface area contributed by atoms with E-state index in [-0.39, 0.29) is 18.8 Å². The Bertz CT molecular complexity index is 1090. The third kappa shape index (κ3) is 4.00. The van der Waals surface area contributed by atoms with Gasteiger partial charge in [0.1, 0.15) is 24.3 Å². The quantitative estimate of drug-likeness (QED) is 0.600. The Balaban J connectivity index is 1.57. The first-order valence-corrected chi connectivity index (χ1v) is 10.3. The van der Waals surface area contributed by atoms with Crippen molar-refractivity contribution in [3.05, 3.63) is 69.6 Å². The first kappa shape index (κ1) is 20.3. The maximum Gasteiger partial charge on any atom is 0.351 e. The molecule has 3 heterocycles. The molecule has 30 heavy (non-hydrogen) atoms. The van der Waals surface area contributed by atoms with E-state index in [0.717, 1.165) is 10.4 Å². The highest BCUT2D eigenvalue weighted by Gasteiger charge is 2.39. The zero-order valence-electron chi connectivity index (χ0n) is 16.2. The number of esters is 1. The monoisotopic (exact) mass is 427 g/mol. The molecule has 1 aliphatic heterocycles. The normalized spacial score (nSPS) is 20.9. The number of nitrogens with two attached hydrogens (primary N) is 1. The average molecular weight is 427 g/mol. The molecule has 8 nitrogen and oxygen atoms in total. The molecule has 3 aromatic rings. The lowest BCUT2D eigenvalue weighted by Gasteiger charge is -2.16. The van der Waals surface area contributed by atoms with Crippen molar-refractivity contribution in [3.63, 3.8) is 0 Å². The molecule has 9 heteroatoms. The number of aryl methyl sites for hydroxylation is 1. The van der Waals surface area contributed by atoms with E-state index in [4.69, 9.17) is 15.2 Å². The number of hydrogen-bond acceptors (Lipinski definition) is 8. The van der Waals surface area contributed by atoms with Crippen molar-refractivity contribution in [3.8, 4) is 10.4 Å². The molecule has 3 atom stereocenters. The first-order valence-electron chi connectivity index (χ1n) is 9.42. The molecule has 0 saturated carbocycles. The fraction of sp³-hybridized carbons (Fsp3) is 0.286. The van der Waals surface area contributed by atoms with E-state index in [0.29, 0.717) is 11.1 Å². The number of nitrogens with zero attached hydrogens (tertiary/aromatic N) is 2. The van der Waals surface area contributed by atoms with Gasteiger partial charge in [0.15, 0.2) is 0 Å². The van der Waals surface area contributed by atoms with Crippen molar-refractivity contribution in [2.75, 3.05) is 12.3 Å². The number of aliphatic hydroxyl groups is 1. The van der Waals surface area contributed by atoms with Gasteiger partial charge in [-0.3, -0.25) is 4.57 Å². The molecule has 4 rings (SSSR count). The number of benzene rings is 1. The van der Waals surface area contributed by atoms with Gasteiger partial charge in [0.05, 0.1) is 17.7 Å². The Morgan fingerprint density at radius 1 is 1.37 bits per heavy atom. The molecule has 0 unspecified atom stereocenters.